The first-order valence-electron chi connectivity index (χ1n) is 12.7. The zero-order chi connectivity index (χ0) is 26.6. The van der Waals surface area contributed by atoms with E-state index in [0.29, 0.717) is 28.8 Å². The summed E-state index contributed by atoms with van der Waals surface area (Å²) >= 11 is 8.47. The predicted molar refractivity (Wildman–Crippen MR) is 149 cm³/mol. The topological polar surface area (TPSA) is 79.7 Å². The van der Waals surface area contributed by atoms with Gasteiger partial charge in [0.15, 0.2) is 0 Å². The Hall–Kier alpha value is -2.88. The number of fused-ring (bicyclic) bond motifs is 2. The molecule has 0 N–H and O–H groups in total. The summed E-state index contributed by atoms with van der Waals surface area (Å²) in [6.45, 7) is 3.28. The van der Waals surface area contributed by atoms with Gasteiger partial charge in [-0.25, -0.2) is 4.90 Å². The van der Waals surface area contributed by atoms with E-state index in [4.69, 9.17) is 11.6 Å². The highest BCUT2D eigenvalue weighted by atomic mass is 35.5. The molecule has 3 atom stereocenters. The Morgan fingerprint density at radius 1 is 0.947 bits per heavy atom. The Morgan fingerprint density at radius 3 is 2.32 bits per heavy atom. The van der Waals surface area contributed by atoms with Crippen LogP contribution in [0, 0.1) is 12.8 Å². The van der Waals surface area contributed by atoms with Crippen molar-refractivity contribution < 1.29 is 14.4 Å². The third kappa shape index (κ3) is 4.30. The number of benzene rings is 2. The van der Waals surface area contributed by atoms with E-state index in [1.165, 1.54) is 21.2 Å². The number of imide groups is 1. The molecule has 2 saturated heterocycles. The molecule has 0 bridgehead atoms. The summed E-state index contributed by atoms with van der Waals surface area (Å²) in [4.78, 5) is 57.6. The van der Waals surface area contributed by atoms with Gasteiger partial charge in [-0.2, -0.15) is 0 Å². The normalized spacial score (nSPS) is 22.9. The largest absolute Gasteiger partial charge is 0.341 e. The van der Waals surface area contributed by atoms with Crippen LogP contribution in [0.5, 0.6) is 0 Å². The highest BCUT2D eigenvalue weighted by Gasteiger charge is 2.56. The molecular formula is C28H26ClN3O4S2. The number of halogens is 1. The van der Waals surface area contributed by atoms with Gasteiger partial charge in [0.2, 0.25) is 17.7 Å². The van der Waals surface area contributed by atoms with E-state index in [0.717, 1.165) is 46.6 Å². The second-order valence-corrected chi connectivity index (χ2v) is 12.6. The van der Waals surface area contributed by atoms with E-state index in [1.807, 2.05) is 36.1 Å². The number of rotatable bonds is 4. The average molecular weight is 568 g/mol. The molecule has 1 aromatic heterocycles. The molecule has 0 aliphatic carbocycles. The fraction of sp³-hybridized carbons (Fsp3) is 0.357. The van der Waals surface area contributed by atoms with Crippen molar-refractivity contribution in [3.8, 4) is 0 Å². The van der Waals surface area contributed by atoms with Gasteiger partial charge >= 0.3 is 4.87 Å². The van der Waals surface area contributed by atoms with Crippen molar-refractivity contribution >= 4 is 58.1 Å². The Balaban J connectivity index is 1.43. The molecule has 0 spiro atoms. The van der Waals surface area contributed by atoms with Gasteiger partial charge in [-0.15, -0.1) is 0 Å². The molecule has 10 heteroatoms. The van der Waals surface area contributed by atoms with Crippen LogP contribution in [0.25, 0.3) is 0 Å². The number of thioether (sulfide) groups is 1. The van der Waals surface area contributed by atoms with Crippen LogP contribution >= 0.6 is 34.7 Å². The molecule has 2 aromatic carbocycles. The zero-order valence-electron chi connectivity index (χ0n) is 20.8. The molecule has 38 heavy (non-hydrogen) atoms. The molecular weight excluding hydrogens is 542 g/mol. The number of hydrogen-bond donors (Lipinski definition) is 0. The van der Waals surface area contributed by atoms with E-state index in [1.54, 1.807) is 24.3 Å². The number of carbonyl (C=O) groups is 3. The molecule has 3 amide bonds. The number of anilines is 1. The lowest BCUT2D eigenvalue weighted by Gasteiger charge is -2.31. The molecule has 7 nitrogen and oxygen atoms in total. The molecule has 2 unspecified atom stereocenters. The average Bonchev–Trinajstić information content (AvgIpc) is 3.36. The highest BCUT2D eigenvalue weighted by molar-refractivity contribution is 8.00. The molecule has 196 valence electrons. The molecule has 3 aromatic rings. The smallest absolute Gasteiger partial charge is 0.308 e. The van der Waals surface area contributed by atoms with E-state index < -0.39 is 17.1 Å². The number of aromatic nitrogens is 1. The van der Waals surface area contributed by atoms with Crippen LogP contribution in [0.4, 0.5) is 5.69 Å². The van der Waals surface area contributed by atoms with Crippen molar-refractivity contribution in [2.75, 3.05) is 18.0 Å². The quantitative estimate of drug-likeness (QED) is 0.428. The zero-order valence-corrected chi connectivity index (χ0v) is 23.2. The number of nitrogens with zero attached hydrogens (tertiary/aromatic N) is 3. The lowest BCUT2D eigenvalue weighted by Crippen LogP contribution is -2.39. The first-order valence-corrected chi connectivity index (χ1v) is 14.8. The van der Waals surface area contributed by atoms with Gasteiger partial charge in [0.1, 0.15) is 11.8 Å². The number of piperidine rings is 1. The first-order chi connectivity index (χ1) is 18.3. The minimum atomic E-state index is -0.706. The summed E-state index contributed by atoms with van der Waals surface area (Å²) in [6, 6.07) is 14.5. The highest BCUT2D eigenvalue weighted by Crippen LogP contribution is 2.54. The van der Waals surface area contributed by atoms with Gasteiger partial charge in [0.05, 0.1) is 16.6 Å². The summed E-state index contributed by atoms with van der Waals surface area (Å²) in [5.74, 6) is -1.84. The summed E-state index contributed by atoms with van der Waals surface area (Å²) in [5, 5.41) is 0.462. The number of likely N-dealkylation sites (tertiary alicyclic amines) is 1. The Bertz CT molecular complexity index is 1480. The molecule has 4 heterocycles. The van der Waals surface area contributed by atoms with Crippen LogP contribution in [0.1, 0.15) is 41.2 Å². The lowest BCUT2D eigenvalue weighted by atomic mass is 9.83. The van der Waals surface area contributed by atoms with Crippen LogP contribution in [-0.2, 0) is 20.9 Å². The van der Waals surface area contributed by atoms with Crippen LogP contribution in [0.3, 0.4) is 0 Å². The van der Waals surface area contributed by atoms with E-state index in [9.17, 15) is 19.2 Å². The van der Waals surface area contributed by atoms with Gasteiger partial charge in [0, 0.05) is 28.9 Å². The van der Waals surface area contributed by atoms with Crippen LogP contribution in [0.2, 0.25) is 5.02 Å². The van der Waals surface area contributed by atoms with E-state index >= 15 is 0 Å². The van der Waals surface area contributed by atoms with Crippen molar-refractivity contribution in [1.29, 1.82) is 0 Å². The van der Waals surface area contributed by atoms with Gasteiger partial charge in [-0.05, 0) is 56.0 Å². The lowest BCUT2D eigenvalue weighted by molar-refractivity contribution is -0.133. The van der Waals surface area contributed by atoms with Crippen molar-refractivity contribution in [3.63, 3.8) is 0 Å². The van der Waals surface area contributed by atoms with Crippen molar-refractivity contribution in [3.05, 3.63) is 79.2 Å². The fourth-order valence-electron chi connectivity index (χ4n) is 5.61. The summed E-state index contributed by atoms with van der Waals surface area (Å²) in [5.41, 5.74) is 2.38. The summed E-state index contributed by atoms with van der Waals surface area (Å²) in [6.07, 6.45) is 3.03. The van der Waals surface area contributed by atoms with Gasteiger partial charge in [-0.1, -0.05) is 64.5 Å². The summed E-state index contributed by atoms with van der Waals surface area (Å²) in [7, 11) is 0. The molecule has 0 radical (unpaired) electrons. The number of hydrogen-bond acceptors (Lipinski definition) is 6. The van der Waals surface area contributed by atoms with E-state index in [-0.39, 0.29) is 29.1 Å². The fourth-order valence-corrected chi connectivity index (χ4v) is 8.51. The van der Waals surface area contributed by atoms with Gasteiger partial charge in [0.25, 0.3) is 0 Å². The molecule has 2 fully saturated rings. The SMILES string of the molecule is Cc1ccc(N2C(=O)C3Sc4c(sc(=O)n4CC(=O)N4CCCCC4)[C@@H](c4ccc(Cl)cc4)C3C2=O)cc1. The van der Waals surface area contributed by atoms with Crippen LogP contribution < -0.4 is 9.77 Å². The van der Waals surface area contributed by atoms with Crippen molar-refractivity contribution in [2.45, 2.75) is 48.9 Å². The number of thiazole rings is 1. The van der Waals surface area contributed by atoms with Gasteiger partial charge in [-0.3, -0.25) is 23.7 Å². The predicted octanol–water partition coefficient (Wildman–Crippen LogP) is 4.68. The van der Waals surface area contributed by atoms with Crippen LogP contribution in [-0.4, -0.2) is 45.5 Å². The first kappa shape index (κ1) is 25.4. The minimum absolute atomic E-state index is 0.0633. The Kier molecular flexibility index (Phi) is 6.70. The monoisotopic (exact) mass is 567 g/mol. The minimum Gasteiger partial charge on any atom is -0.341 e. The summed E-state index contributed by atoms with van der Waals surface area (Å²) < 4.78 is 1.51. The third-order valence-corrected chi connectivity index (χ3v) is 10.4. The number of aryl methyl sites for hydroxylation is 1. The maximum atomic E-state index is 13.9. The Morgan fingerprint density at radius 2 is 1.63 bits per heavy atom. The molecule has 0 saturated carbocycles. The van der Waals surface area contributed by atoms with Gasteiger partial charge < -0.3 is 4.90 Å². The second-order valence-electron chi connectivity index (χ2n) is 10.0. The van der Waals surface area contributed by atoms with Crippen LogP contribution in [0.15, 0.2) is 58.4 Å². The standard InChI is InChI=1S/C28H26ClN3O4S2/c1-16-5-11-19(12-6-16)32-25(34)22-21(17-7-9-18(29)10-8-17)24-27(37-23(22)26(32)35)31(28(36)38-24)15-20(33)30-13-3-2-4-14-30/h5-12,21-23H,2-4,13-15H2,1H3/t21-,22?,23?/m0/s1. The van der Waals surface area contributed by atoms with Crippen molar-refractivity contribution in [1.82, 2.24) is 9.47 Å². The maximum absolute atomic E-state index is 13.9. The Labute approximate surface area is 233 Å². The molecule has 3 aliphatic heterocycles. The second kappa shape index (κ2) is 10.0. The third-order valence-electron chi connectivity index (χ3n) is 7.57. The number of carbonyl (C=O) groups excluding carboxylic acids is 3. The van der Waals surface area contributed by atoms with E-state index in [2.05, 4.69) is 0 Å². The van der Waals surface area contributed by atoms with Crippen molar-refractivity contribution in [2.24, 2.45) is 5.92 Å². The number of amides is 3. The molecule has 3 aliphatic rings. The molecule has 6 rings (SSSR count). The maximum Gasteiger partial charge on any atom is 0.308 e.